The summed E-state index contributed by atoms with van der Waals surface area (Å²) < 4.78 is 2.51. The van der Waals surface area contributed by atoms with E-state index in [0.29, 0.717) is 5.13 Å². The number of anilines is 1. The molecule has 13 heavy (non-hydrogen) atoms. The molecule has 2 N–H and O–H groups in total. The van der Waals surface area contributed by atoms with Gasteiger partial charge in [0.15, 0.2) is 5.13 Å². The number of fused-ring (bicyclic) bond motifs is 1. The lowest BCUT2D eigenvalue weighted by Crippen LogP contribution is -1.85. The fraction of sp³-hybridized carbons (Fsp3) is 0.222. The van der Waals surface area contributed by atoms with Crippen molar-refractivity contribution in [3.8, 4) is 0 Å². The molecular weight excluding hydrogens is 295 g/mol. The molecule has 0 aliphatic rings. The first-order valence-corrected chi connectivity index (χ1v) is 5.81. The average molecular weight is 304 g/mol. The highest BCUT2D eigenvalue weighted by atomic mass is 127. The number of thiazole rings is 1. The molecular formula is C9H9IN2S. The number of hydrogen-bond acceptors (Lipinski definition) is 3. The van der Waals surface area contributed by atoms with E-state index < -0.39 is 0 Å². The lowest BCUT2D eigenvalue weighted by Gasteiger charge is -2.01. The van der Waals surface area contributed by atoms with E-state index in [1.165, 1.54) is 19.4 Å². The minimum absolute atomic E-state index is 0.656. The van der Waals surface area contributed by atoms with Gasteiger partial charge < -0.3 is 5.73 Å². The number of halogens is 1. The number of nitrogens with zero attached hydrogens (tertiary/aromatic N) is 1. The second kappa shape index (κ2) is 3.09. The average Bonchev–Trinajstić information content (AvgIpc) is 2.44. The lowest BCUT2D eigenvalue weighted by molar-refractivity contribution is 1.38. The van der Waals surface area contributed by atoms with Crippen molar-refractivity contribution in [3.63, 3.8) is 0 Å². The van der Waals surface area contributed by atoms with Gasteiger partial charge in [-0.2, -0.15) is 0 Å². The number of nitrogen functional groups attached to an aromatic ring is 1. The maximum absolute atomic E-state index is 5.68. The predicted octanol–water partition coefficient (Wildman–Crippen LogP) is 3.10. The van der Waals surface area contributed by atoms with E-state index in [-0.39, 0.29) is 0 Å². The monoisotopic (exact) mass is 304 g/mol. The molecule has 68 valence electrons. The Morgan fingerprint density at radius 3 is 2.85 bits per heavy atom. The molecule has 0 fully saturated rings. The van der Waals surface area contributed by atoms with Crippen molar-refractivity contribution in [2.24, 2.45) is 0 Å². The zero-order valence-corrected chi connectivity index (χ0v) is 10.4. The minimum Gasteiger partial charge on any atom is -0.375 e. The number of aryl methyl sites for hydroxylation is 2. The zero-order valence-electron chi connectivity index (χ0n) is 7.39. The van der Waals surface area contributed by atoms with E-state index >= 15 is 0 Å². The Bertz CT molecular complexity index is 476. The van der Waals surface area contributed by atoms with Gasteiger partial charge in [-0.3, -0.25) is 0 Å². The van der Waals surface area contributed by atoms with Crippen molar-refractivity contribution in [2.45, 2.75) is 13.8 Å². The van der Waals surface area contributed by atoms with Gasteiger partial charge in [-0.15, -0.1) is 0 Å². The van der Waals surface area contributed by atoms with E-state index in [4.69, 9.17) is 5.73 Å². The Labute approximate surface area is 94.3 Å². The van der Waals surface area contributed by atoms with Crippen LogP contribution in [0.3, 0.4) is 0 Å². The molecule has 2 nitrogen and oxygen atoms in total. The summed E-state index contributed by atoms with van der Waals surface area (Å²) in [7, 11) is 0. The quantitative estimate of drug-likeness (QED) is 0.760. The molecule has 0 atom stereocenters. The van der Waals surface area contributed by atoms with Crippen molar-refractivity contribution < 1.29 is 0 Å². The maximum atomic E-state index is 5.68. The van der Waals surface area contributed by atoms with Crippen molar-refractivity contribution >= 4 is 49.3 Å². The normalized spacial score (nSPS) is 11.0. The topological polar surface area (TPSA) is 38.9 Å². The Kier molecular flexibility index (Phi) is 2.19. The van der Waals surface area contributed by atoms with Crippen molar-refractivity contribution in [1.82, 2.24) is 4.98 Å². The Hall–Kier alpha value is -0.360. The third-order valence-electron chi connectivity index (χ3n) is 2.06. The van der Waals surface area contributed by atoms with Gasteiger partial charge in [-0.25, -0.2) is 4.98 Å². The maximum Gasteiger partial charge on any atom is 0.181 e. The molecule has 4 heteroatoms. The van der Waals surface area contributed by atoms with Crippen LogP contribution in [0, 0.1) is 17.4 Å². The summed E-state index contributed by atoms with van der Waals surface area (Å²) in [5, 5.41) is 0.656. The van der Waals surface area contributed by atoms with Crippen LogP contribution in [-0.4, -0.2) is 4.98 Å². The smallest absolute Gasteiger partial charge is 0.181 e. The van der Waals surface area contributed by atoms with Gasteiger partial charge in [0.1, 0.15) is 0 Å². The van der Waals surface area contributed by atoms with Crippen LogP contribution in [0.5, 0.6) is 0 Å². The highest BCUT2D eigenvalue weighted by molar-refractivity contribution is 14.1. The first-order valence-electron chi connectivity index (χ1n) is 3.91. The second-order valence-electron chi connectivity index (χ2n) is 3.03. The molecule has 1 aromatic heterocycles. The van der Waals surface area contributed by atoms with Crippen LogP contribution in [-0.2, 0) is 0 Å². The standard InChI is InChI=1S/C9H9IN2S/c1-4-3-6(10)5(2)8-7(4)12-9(11)13-8/h3H,1-2H3,(H2,11,12). The molecule has 0 saturated heterocycles. The van der Waals surface area contributed by atoms with Gasteiger partial charge in [-0.1, -0.05) is 11.3 Å². The molecule has 0 bridgehead atoms. The predicted molar refractivity (Wildman–Crippen MR) is 66.2 cm³/mol. The zero-order chi connectivity index (χ0) is 9.59. The molecule has 1 aromatic carbocycles. The Balaban J connectivity index is 2.95. The third-order valence-corrected chi connectivity index (χ3v) is 4.18. The van der Waals surface area contributed by atoms with Gasteiger partial charge in [0.2, 0.25) is 0 Å². The van der Waals surface area contributed by atoms with Gasteiger partial charge in [0.05, 0.1) is 10.2 Å². The fourth-order valence-electron chi connectivity index (χ4n) is 1.33. The second-order valence-corrected chi connectivity index (χ2v) is 5.22. The summed E-state index contributed by atoms with van der Waals surface area (Å²) in [6.45, 7) is 4.18. The first kappa shape index (κ1) is 9.21. The molecule has 0 spiro atoms. The molecule has 0 radical (unpaired) electrons. The Morgan fingerprint density at radius 2 is 2.15 bits per heavy atom. The largest absolute Gasteiger partial charge is 0.375 e. The van der Waals surface area contributed by atoms with Gasteiger partial charge in [0, 0.05) is 3.57 Å². The molecule has 0 amide bonds. The van der Waals surface area contributed by atoms with E-state index in [2.05, 4.69) is 47.5 Å². The van der Waals surface area contributed by atoms with Crippen LogP contribution in [0.25, 0.3) is 10.2 Å². The summed E-state index contributed by atoms with van der Waals surface area (Å²) in [5.41, 5.74) is 9.23. The molecule has 2 aromatic rings. The van der Waals surface area contributed by atoms with Crippen LogP contribution in [0.1, 0.15) is 11.1 Å². The van der Waals surface area contributed by atoms with Crippen LogP contribution >= 0.6 is 33.9 Å². The molecule has 2 rings (SSSR count). The summed E-state index contributed by atoms with van der Waals surface area (Å²) >= 11 is 3.91. The summed E-state index contributed by atoms with van der Waals surface area (Å²) in [6.07, 6.45) is 0. The minimum atomic E-state index is 0.656. The lowest BCUT2D eigenvalue weighted by atomic mass is 10.1. The summed E-state index contributed by atoms with van der Waals surface area (Å²) in [6, 6.07) is 2.15. The van der Waals surface area contributed by atoms with E-state index in [1.807, 2.05) is 0 Å². The van der Waals surface area contributed by atoms with Crippen LogP contribution < -0.4 is 5.73 Å². The van der Waals surface area contributed by atoms with Gasteiger partial charge in [0.25, 0.3) is 0 Å². The molecule has 1 heterocycles. The summed E-state index contributed by atoms with van der Waals surface area (Å²) in [5.74, 6) is 0. The summed E-state index contributed by atoms with van der Waals surface area (Å²) in [4.78, 5) is 4.31. The SMILES string of the molecule is Cc1cc(I)c(C)c2sc(N)nc12. The fourth-order valence-corrected chi connectivity index (χ4v) is 3.17. The first-order chi connectivity index (χ1) is 6.09. The highest BCUT2D eigenvalue weighted by Crippen LogP contribution is 2.31. The van der Waals surface area contributed by atoms with Crippen molar-refractivity contribution in [1.29, 1.82) is 0 Å². The van der Waals surface area contributed by atoms with Crippen molar-refractivity contribution in [3.05, 3.63) is 20.8 Å². The molecule has 0 aliphatic carbocycles. The number of benzene rings is 1. The van der Waals surface area contributed by atoms with Gasteiger partial charge >= 0.3 is 0 Å². The van der Waals surface area contributed by atoms with Crippen LogP contribution in [0.2, 0.25) is 0 Å². The highest BCUT2D eigenvalue weighted by Gasteiger charge is 2.09. The molecule has 0 saturated carbocycles. The number of aromatic nitrogens is 1. The van der Waals surface area contributed by atoms with Crippen molar-refractivity contribution in [2.75, 3.05) is 5.73 Å². The number of rotatable bonds is 0. The molecule has 0 unspecified atom stereocenters. The van der Waals surface area contributed by atoms with E-state index in [9.17, 15) is 0 Å². The Morgan fingerprint density at radius 1 is 1.46 bits per heavy atom. The van der Waals surface area contributed by atoms with E-state index in [0.717, 1.165) is 5.52 Å². The number of nitrogens with two attached hydrogens (primary N) is 1. The van der Waals surface area contributed by atoms with Crippen LogP contribution in [0.15, 0.2) is 6.07 Å². The third kappa shape index (κ3) is 1.42. The van der Waals surface area contributed by atoms with E-state index in [1.54, 1.807) is 11.3 Å². The van der Waals surface area contributed by atoms with Crippen LogP contribution in [0.4, 0.5) is 5.13 Å². The number of hydrogen-bond donors (Lipinski definition) is 1. The van der Waals surface area contributed by atoms with Gasteiger partial charge in [-0.05, 0) is 53.6 Å². The molecule has 0 aliphatic heterocycles.